The standard InChI is InChI=1S/C42H75O13P/c1-3-5-7-9-11-13-15-17-18-19-21-23-25-27-29-31-36(44)54-34(32-52-35(43)30-28-26-24-22-20-16-14-12-10-8-6-4-2)33-53-56(50,51)55-42-40(48)38(46)37(45)39(47)41(42)49/h11-14,17-18,34,37-42,45-49H,3-10,15-16,19-33H2,1-2H3,(H,50,51)/b13-11+,14-12+,18-17+/t34-,37?,38+,39?,40?,41?,42?/m1/s1. The summed E-state index contributed by atoms with van der Waals surface area (Å²) >= 11 is 0. The van der Waals surface area contributed by atoms with Crippen LogP contribution in [-0.2, 0) is 32.7 Å². The van der Waals surface area contributed by atoms with Gasteiger partial charge in [-0.05, 0) is 70.6 Å². The number of phosphoric acid groups is 1. The van der Waals surface area contributed by atoms with E-state index in [4.69, 9.17) is 18.5 Å². The number of carbonyl (C=O) groups excluding carboxylic acids is 2. The molecule has 13 nitrogen and oxygen atoms in total. The summed E-state index contributed by atoms with van der Waals surface area (Å²) in [7, 11) is -5.12. The summed E-state index contributed by atoms with van der Waals surface area (Å²) in [5, 5.41) is 50.0. The molecular weight excluding hydrogens is 743 g/mol. The highest BCUT2D eigenvalue weighted by Crippen LogP contribution is 2.47. The highest BCUT2D eigenvalue weighted by atomic mass is 31.2. The minimum atomic E-state index is -5.12. The highest BCUT2D eigenvalue weighted by Gasteiger charge is 2.51. The van der Waals surface area contributed by atoms with Crippen LogP contribution in [0.4, 0.5) is 0 Å². The molecule has 1 fully saturated rings. The first kappa shape index (κ1) is 52.1. The zero-order valence-electron chi connectivity index (χ0n) is 34.2. The van der Waals surface area contributed by atoms with Crippen molar-refractivity contribution >= 4 is 19.8 Å². The van der Waals surface area contributed by atoms with Crippen LogP contribution in [0.5, 0.6) is 0 Å². The SMILES string of the molecule is CCCCC/C=C/C/C=C/CCCCCCCC(=O)O[C@H](COC(=O)CCCCCCC/C=C/CCCCC)COP(=O)(O)OC1C(O)C(O)C(O)[C@H](O)C1O. The number of aliphatic hydroxyl groups is 5. The Kier molecular flexibility index (Phi) is 30.7. The van der Waals surface area contributed by atoms with Crippen LogP contribution >= 0.6 is 7.82 Å². The van der Waals surface area contributed by atoms with E-state index in [2.05, 4.69) is 50.3 Å². The fraction of sp³-hybridized carbons (Fsp3) is 0.810. The molecule has 0 spiro atoms. The van der Waals surface area contributed by atoms with Gasteiger partial charge in [-0.1, -0.05) is 115 Å². The van der Waals surface area contributed by atoms with Crippen molar-refractivity contribution in [1.82, 2.24) is 0 Å². The molecule has 0 aromatic rings. The second-order valence-electron chi connectivity index (χ2n) is 14.8. The van der Waals surface area contributed by atoms with Crippen molar-refractivity contribution in [2.24, 2.45) is 0 Å². The van der Waals surface area contributed by atoms with Crippen LogP contribution in [0.3, 0.4) is 0 Å². The molecule has 1 saturated carbocycles. The molecule has 6 N–H and O–H groups in total. The molecule has 6 unspecified atom stereocenters. The molecule has 14 heteroatoms. The highest BCUT2D eigenvalue weighted by molar-refractivity contribution is 7.47. The number of hydrogen-bond donors (Lipinski definition) is 6. The summed E-state index contributed by atoms with van der Waals surface area (Å²) in [6, 6.07) is 0. The molecule has 0 aromatic carbocycles. The number of esters is 2. The lowest BCUT2D eigenvalue weighted by Crippen LogP contribution is -2.64. The van der Waals surface area contributed by atoms with Crippen molar-refractivity contribution in [2.45, 2.75) is 204 Å². The predicted molar refractivity (Wildman–Crippen MR) is 216 cm³/mol. The van der Waals surface area contributed by atoms with E-state index < -0.39 is 75.7 Å². The minimum absolute atomic E-state index is 0.0788. The van der Waals surface area contributed by atoms with E-state index in [-0.39, 0.29) is 12.8 Å². The average Bonchev–Trinajstić information content (AvgIpc) is 3.18. The first-order valence-corrected chi connectivity index (χ1v) is 22.8. The third kappa shape index (κ3) is 25.4. The monoisotopic (exact) mass is 818 g/mol. The largest absolute Gasteiger partial charge is 0.472 e. The molecule has 1 aliphatic rings. The molecule has 0 heterocycles. The first-order chi connectivity index (χ1) is 26.9. The molecule has 0 aromatic heterocycles. The molecule has 0 amide bonds. The molecule has 56 heavy (non-hydrogen) atoms. The average molecular weight is 819 g/mol. The van der Waals surface area contributed by atoms with Crippen molar-refractivity contribution in [3.63, 3.8) is 0 Å². The van der Waals surface area contributed by atoms with Crippen molar-refractivity contribution < 1.29 is 63.1 Å². The number of allylic oxidation sites excluding steroid dienone is 6. The van der Waals surface area contributed by atoms with Crippen LogP contribution in [-0.4, -0.2) is 98.3 Å². The lowest BCUT2D eigenvalue weighted by atomic mass is 9.85. The number of ether oxygens (including phenoxy) is 2. The number of unbranched alkanes of at least 4 members (excludes halogenated alkanes) is 16. The van der Waals surface area contributed by atoms with E-state index in [0.717, 1.165) is 83.5 Å². The van der Waals surface area contributed by atoms with E-state index >= 15 is 0 Å². The molecule has 326 valence electrons. The van der Waals surface area contributed by atoms with E-state index in [1.807, 2.05) is 0 Å². The molecule has 8 atom stereocenters. The summed E-state index contributed by atoms with van der Waals surface area (Å²) in [6.45, 7) is 3.20. The molecule has 1 aliphatic carbocycles. The van der Waals surface area contributed by atoms with Crippen LogP contribution in [0.15, 0.2) is 36.5 Å². The van der Waals surface area contributed by atoms with Crippen LogP contribution in [0.2, 0.25) is 0 Å². The number of rotatable bonds is 34. The first-order valence-electron chi connectivity index (χ1n) is 21.3. The minimum Gasteiger partial charge on any atom is -0.462 e. The zero-order valence-corrected chi connectivity index (χ0v) is 35.1. The van der Waals surface area contributed by atoms with Gasteiger partial charge in [-0.2, -0.15) is 0 Å². The Morgan fingerprint density at radius 3 is 1.46 bits per heavy atom. The van der Waals surface area contributed by atoms with Gasteiger partial charge in [0.2, 0.25) is 0 Å². The van der Waals surface area contributed by atoms with Gasteiger partial charge in [-0.15, -0.1) is 0 Å². The number of aliphatic hydroxyl groups excluding tert-OH is 5. The molecule has 0 aliphatic heterocycles. The van der Waals surface area contributed by atoms with Gasteiger partial charge in [0.25, 0.3) is 0 Å². The molecule has 0 bridgehead atoms. The summed E-state index contributed by atoms with van der Waals surface area (Å²) in [4.78, 5) is 35.5. The lowest BCUT2D eigenvalue weighted by Gasteiger charge is -2.41. The second-order valence-corrected chi connectivity index (χ2v) is 16.2. The van der Waals surface area contributed by atoms with Crippen LogP contribution < -0.4 is 0 Å². The molecule has 1 rings (SSSR count). The maximum absolute atomic E-state index is 12.8. The van der Waals surface area contributed by atoms with E-state index in [1.54, 1.807) is 0 Å². The van der Waals surface area contributed by atoms with Crippen LogP contribution in [0, 0.1) is 0 Å². The summed E-state index contributed by atoms with van der Waals surface area (Å²) in [6.07, 6.45) is 22.1. The summed E-state index contributed by atoms with van der Waals surface area (Å²) in [5.41, 5.74) is 0. The quantitative estimate of drug-likeness (QED) is 0.0162. The third-order valence-corrected chi connectivity index (χ3v) is 10.7. The Hall–Kier alpha value is -1.93. The Bertz CT molecular complexity index is 1130. The molecule has 0 saturated heterocycles. The summed E-state index contributed by atoms with van der Waals surface area (Å²) < 4.78 is 33.4. The van der Waals surface area contributed by atoms with Gasteiger partial charge >= 0.3 is 19.8 Å². The van der Waals surface area contributed by atoms with Gasteiger partial charge in [0, 0.05) is 12.8 Å². The Morgan fingerprint density at radius 2 is 0.964 bits per heavy atom. The van der Waals surface area contributed by atoms with Gasteiger partial charge in [0.05, 0.1) is 6.61 Å². The Balaban J connectivity index is 2.52. The topological polar surface area (TPSA) is 210 Å². The van der Waals surface area contributed by atoms with Crippen molar-refractivity contribution in [1.29, 1.82) is 0 Å². The van der Waals surface area contributed by atoms with Gasteiger partial charge < -0.3 is 39.9 Å². The predicted octanol–water partition coefficient (Wildman–Crippen LogP) is 7.44. The van der Waals surface area contributed by atoms with Gasteiger partial charge in [0.15, 0.2) is 6.10 Å². The number of hydrogen-bond acceptors (Lipinski definition) is 12. The molecule has 0 radical (unpaired) electrons. The molecular formula is C42H75O13P. The van der Waals surface area contributed by atoms with Crippen molar-refractivity contribution in [2.75, 3.05) is 13.2 Å². The maximum atomic E-state index is 12.8. The smallest absolute Gasteiger partial charge is 0.462 e. The Labute approximate surface area is 336 Å². The maximum Gasteiger partial charge on any atom is 0.472 e. The normalized spacial score (nSPS) is 23.2. The second kappa shape index (κ2) is 33.0. The van der Waals surface area contributed by atoms with E-state index in [0.29, 0.717) is 12.8 Å². The number of phosphoric ester groups is 1. The fourth-order valence-corrected chi connectivity index (χ4v) is 7.17. The summed E-state index contributed by atoms with van der Waals surface area (Å²) in [5.74, 6) is -1.13. The lowest BCUT2D eigenvalue weighted by molar-refractivity contribution is -0.220. The van der Waals surface area contributed by atoms with Crippen LogP contribution in [0.1, 0.15) is 162 Å². The van der Waals surface area contributed by atoms with Crippen molar-refractivity contribution in [3.05, 3.63) is 36.5 Å². The van der Waals surface area contributed by atoms with E-state index in [9.17, 15) is 44.6 Å². The van der Waals surface area contributed by atoms with Gasteiger partial charge in [-0.3, -0.25) is 18.6 Å². The van der Waals surface area contributed by atoms with Gasteiger partial charge in [0.1, 0.15) is 43.2 Å². The van der Waals surface area contributed by atoms with Crippen molar-refractivity contribution in [3.8, 4) is 0 Å². The van der Waals surface area contributed by atoms with E-state index in [1.165, 1.54) is 38.5 Å². The zero-order chi connectivity index (χ0) is 41.4. The Morgan fingerprint density at radius 1 is 0.554 bits per heavy atom. The van der Waals surface area contributed by atoms with Gasteiger partial charge in [-0.25, -0.2) is 4.57 Å². The number of carbonyl (C=O) groups is 2. The van der Waals surface area contributed by atoms with Crippen LogP contribution in [0.25, 0.3) is 0 Å². The fourth-order valence-electron chi connectivity index (χ4n) is 6.19. The third-order valence-electron chi connectivity index (χ3n) is 9.70.